The van der Waals surface area contributed by atoms with E-state index >= 15 is 0 Å². The van der Waals surface area contributed by atoms with Crippen molar-refractivity contribution in [3.05, 3.63) is 53.3 Å². The third kappa shape index (κ3) is 4.49. The molecule has 0 aromatic heterocycles. The van der Waals surface area contributed by atoms with Crippen molar-refractivity contribution in [2.45, 2.75) is 11.3 Å². The summed E-state index contributed by atoms with van der Waals surface area (Å²) in [5.41, 5.74) is 0.655. The number of halogens is 2. The van der Waals surface area contributed by atoms with E-state index in [4.69, 9.17) is 16.3 Å². The zero-order chi connectivity index (χ0) is 22.9. The summed E-state index contributed by atoms with van der Waals surface area (Å²) in [4.78, 5) is 26.2. The monoisotopic (exact) mass is 481 g/mol. The van der Waals surface area contributed by atoms with Gasteiger partial charge in [-0.1, -0.05) is 23.7 Å². The molecule has 2 aliphatic heterocycles. The van der Waals surface area contributed by atoms with Crippen LogP contribution in [0.15, 0.2) is 47.4 Å². The molecule has 4 rings (SSSR count). The Balaban J connectivity index is 1.50. The van der Waals surface area contributed by atoms with E-state index in [9.17, 15) is 22.4 Å². The van der Waals surface area contributed by atoms with Gasteiger partial charge in [0, 0.05) is 31.7 Å². The molecule has 8 nitrogen and oxygen atoms in total. The van der Waals surface area contributed by atoms with E-state index in [-0.39, 0.29) is 50.9 Å². The number of hydrogen-bond acceptors (Lipinski definition) is 5. The highest BCUT2D eigenvalue weighted by molar-refractivity contribution is 7.89. The highest BCUT2D eigenvalue weighted by atomic mass is 35.5. The van der Waals surface area contributed by atoms with Crippen molar-refractivity contribution in [1.82, 2.24) is 4.31 Å². The first kappa shape index (κ1) is 22.7. The summed E-state index contributed by atoms with van der Waals surface area (Å²) in [6.45, 7) is 0.846. The second kappa shape index (κ2) is 9.14. The molecule has 0 bridgehead atoms. The van der Waals surface area contributed by atoms with Gasteiger partial charge in [0.15, 0.2) is 0 Å². The number of anilines is 2. The number of benzene rings is 2. The Bertz CT molecular complexity index is 1150. The van der Waals surface area contributed by atoms with Crippen LogP contribution in [0.5, 0.6) is 0 Å². The summed E-state index contributed by atoms with van der Waals surface area (Å²) in [6.07, 6.45) is -0.0167. The second-order valence-electron chi connectivity index (χ2n) is 7.51. The third-order valence-corrected chi connectivity index (χ3v) is 7.66. The number of carbonyl (C=O) groups is 2. The molecule has 0 aliphatic carbocycles. The van der Waals surface area contributed by atoms with Gasteiger partial charge in [-0.25, -0.2) is 12.8 Å². The molecule has 170 valence electrons. The van der Waals surface area contributed by atoms with E-state index < -0.39 is 32.6 Å². The van der Waals surface area contributed by atoms with Gasteiger partial charge >= 0.3 is 0 Å². The van der Waals surface area contributed by atoms with E-state index in [0.717, 1.165) is 16.4 Å². The van der Waals surface area contributed by atoms with Crippen LogP contribution >= 0.6 is 11.6 Å². The Kier molecular flexibility index (Phi) is 6.47. The highest BCUT2D eigenvalue weighted by Gasteiger charge is 2.36. The van der Waals surface area contributed by atoms with E-state index in [1.165, 1.54) is 11.0 Å². The van der Waals surface area contributed by atoms with Crippen molar-refractivity contribution in [2.75, 3.05) is 43.1 Å². The van der Waals surface area contributed by atoms with Crippen molar-refractivity contribution in [1.29, 1.82) is 0 Å². The van der Waals surface area contributed by atoms with Crippen LogP contribution in [0.4, 0.5) is 15.8 Å². The van der Waals surface area contributed by atoms with Crippen molar-refractivity contribution in [3.63, 3.8) is 0 Å². The standard InChI is InChI=1S/C21H21ClFN3O5S/c22-16-3-1-2-4-18(16)26-13-14(11-20(26)27)21(28)24-15-5-6-17(23)19(12-15)32(29,30)25-7-9-31-10-8-25/h1-6,12,14H,7-11,13H2,(H,24,28)/t14-/m1/s1. The minimum absolute atomic E-state index is 0.0167. The van der Waals surface area contributed by atoms with Gasteiger partial charge in [0.05, 0.1) is 29.8 Å². The van der Waals surface area contributed by atoms with Gasteiger partial charge in [-0.05, 0) is 30.3 Å². The van der Waals surface area contributed by atoms with Crippen LogP contribution in [0, 0.1) is 11.7 Å². The first-order valence-corrected chi connectivity index (χ1v) is 11.8. The van der Waals surface area contributed by atoms with Crippen LogP contribution < -0.4 is 10.2 Å². The largest absolute Gasteiger partial charge is 0.379 e. The summed E-state index contributed by atoms with van der Waals surface area (Å²) in [5.74, 6) is -2.28. The molecule has 2 amide bonds. The molecule has 0 spiro atoms. The number of carbonyl (C=O) groups excluding carboxylic acids is 2. The van der Waals surface area contributed by atoms with E-state index in [1.54, 1.807) is 24.3 Å². The first-order valence-electron chi connectivity index (χ1n) is 10.0. The number of morpholine rings is 1. The van der Waals surface area contributed by atoms with Gasteiger partial charge in [0.2, 0.25) is 21.8 Å². The zero-order valence-corrected chi connectivity index (χ0v) is 18.5. The molecule has 2 saturated heterocycles. The van der Waals surface area contributed by atoms with Crippen molar-refractivity contribution in [2.24, 2.45) is 5.92 Å². The van der Waals surface area contributed by atoms with Crippen LogP contribution in [-0.4, -0.2) is 57.4 Å². The molecule has 0 radical (unpaired) electrons. The number of nitrogens with one attached hydrogen (secondary N) is 1. The number of amides is 2. The molecule has 0 unspecified atom stereocenters. The number of para-hydroxylation sites is 1. The molecule has 2 fully saturated rings. The van der Waals surface area contributed by atoms with Crippen molar-refractivity contribution in [3.8, 4) is 0 Å². The lowest BCUT2D eigenvalue weighted by atomic mass is 10.1. The lowest BCUT2D eigenvalue weighted by Crippen LogP contribution is -2.40. The fourth-order valence-corrected chi connectivity index (χ4v) is 5.47. The summed E-state index contributed by atoms with van der Waals surface area (Å²) < 4.78 is 46.3. The second-order valence-corrected chi connectivity index (χ2v) is 9.82. The lowest BCUT2D eigenvalue weighted by Gasteiger charge is -2.26. The Labute approximate surface area is 189 Å². The van der Waals surface area contributed by atoms with Crippen LogP contribution in [-0.2, 0) is 24.3 Å². The van der Waals surface area contributed by atoms with Crippen LogP contribution in [0.25, 0.3) is 0 Å². The predicted octanol–water partition coefficient (Wildman–Crippen LogP) is 2.49. The fraction of sp³-hybridized carbons (Fsp3) is 0.333. The molecule has 11 heteroatoms. The van der Waals surface area contributed by atoms with Gasteiger partial charge in [0.25, 0.3) is 0 Å². The average Bonchev–Trinajstić information content (AvgIpc) is 3.17. The Hall–Kier alpha value is -2.53. The predicted molar refractivity (Wildman–Crippen MR) is 117 cm³/mol. The van der Waals surface area contributed by atoms with Crippen LogP contribution in [0.1, 0.15) is 6.42 Å². The quantitative estimate of drug-likeness (QED) is 0.707. The van der Waals surface area contributed by atoms with Gasteiger partial charge in [0.1, 0.15) is 10.7 Å². The molecule has 2 aromatic rings. The summed E-state index contributed by atoms with van der Waals surface area (Å²) in [7, 11) is -4.08. The molecule has 2 aliphatic rings. The number of rotatable bonds is 5. The molecule has 2 heterocycles. The SMILES string of the molecule is O=C(Nc1ccc(F)c(S(=O)(=O)N2CCOCC2)c1)[C@@H]1CC(=O)N(c2ccccc2Cl)C1. The lowest BCUT2D eigenvalue weighted by molar-refractivity contribution is -0.122. The third-order valence-electron chi connectivity index (χ3n) is 5.43. The molecule has 32 heavy (non-hydrogen) atoms. The van der Waals surface area contributed by atoms with Gasteiger partial charge in [-0.15, -0.1) is 0 Å². The van der Waals surface area contributed by atoms with E-state index in [2.05, 4.69) is 5.32 Å². The Morgan fingerprint density at radius 1 is 1.16 bits per heavy atom. The summed E-state index contributed by atoms with van der Waals surface area (Å²) in [6, 6.07) is 10.2. The number of sulfonamides is 1. The fourth-order valence-electron chi connectivity index (χ4n) is 3.74. The van der Waals surface area contributed by atoms with Crippen molar-refractivity contribution >= 4 is 44.8 Å². The van der Waals surface area contributed by atoms with E-state index in [1.807, 2.05) is 0 Å². The molecular weight excluding hydrogens is 461 g/mol. The summed E-state index contributed by atoms with van der Waals surface area (Å²) >= 11 is 6.17. The first-order chi connectivity index (χ1) is 15.3. The maximum absolute atomic E-state index is 14.4. The normalized spacial score (nSPS) is 19.9. The minimum Gasteiger partial charge on any atom is -0.379 e. The summed E-state index contributed by atoms with van der Waals surface area (Å²) in [5, 5.41) is 3.01. The number of nitrogens with zero attached hydrogens (tertiary/aromatic N) is 2. The van der Waals surface area contributed by atoms with Crippen molar-refractivity contribution < 1.29 is 27.1 Å². The molecule has 0 saturated carbocycles. The molecule has 2 aromatic carbocycles. The Morgan fingerprint density at radius 3 is 2.59 bits per heavy atom. The minimum atomic E-state index is -4.08. The van der Waals surface area contributed by atoms with Gasteiger partial charge in [-0.3, -0.25) is 9.59 Å². The van der Waals surface area contributed by atoms with E-state index in [0.29, 0.717) is 10.7 Å². The molecular formula is C21H21ClFN3O5S. The topological polar surface area (TPSA) is 96.0 Å². The highest BCUT2D eigenvalue weighted by Crippen LogP contribution is 2.32. The van der Waals surface area contributed by atoms with Crippen LogP contribution in [0.2, 0.25) is 5.02 Å². The van der Waals surface area contributed by atoms with Gasteiger partial charge < -0.3 is 15.0 Å². The zero-order valence-electron chi connectivity index (χ0n) is 17.0. The maximum Gasteiger partial charge on any atom is 0.246 e. The molecule has 1 N–H and O–H groups in total. The molecule has 1 atom stereocenters. The Morgan fingerprint density at radius 2 is 1.88 bits per heavy atom. The number of hydrogen-bond donors (Lipinski definition) is 1. The van der Waals surface area contributed by atoms with Crippen LogP contribution in [0.3, 0.4) is 0 Å². The smallest absolute Gasteiger partial charge is 0.246 e. The average molecular weight is 482 g/mol. The maximum atomic E-state index is 14.4. The number of ether oxygens (including phenoxy) is 1. The van der Waals surface area contributed by atoms with Gasteiger partial charge in [-0.2, -0.15) is 4.31 Å².